The zero-order valence-corrected chi connectivity index (χ0v) is 10.0. The molecule has 1 unspecified atom stereocenters. The van der Waals surface area contributed by atoms with E-state index in [2.05, 4.69) is 16.8 Å². The maximum absolute atomic E-state index is 5.65. The largest absolute Gasteiger partial charge is 0.375 e. The lowest BCUT2D eigenvalue weighted by Gasteiger charge is -2.30. The number of nitrogens with zero attached hydrogens (tertiary/aromatic N) is 2. The molecule has 1 aliphatic rings. The Morgan fingerprint density at radius 3 is 3.07 bits per heavy atom. The Bertz CT molecular complexity index is 339. The topological polar surface area (TPSA) is 51.4 Å². The van der Waals surface area contributed by atoms with Gasteiger partial charge in [-0.15, -0.1) is 11.3 Å². The van der Waals surface area contributed by atoms with Gasteiger partial charge in [0.05, 0.1) is 18.4 Å². The molecule has 15 heavy (non-hydrogen) atoms. The fourth-order valence-electron chi connectivity index (χ4n) is 1.73. The number of anilines is 1. The molecule has 0 spiro atoms. The van der Waals surface area contributed by atoms with E-state index in [-0.39, 0.29) is 0 Å². The molecule has 4 nitrogen and oxygen atoms in total. The summed E-state index contributed by atoms with van der Waals surface area (Å²) >= 11 is 1.70. The van der Waals surface area contributed by atoms with Gasteiger partial charge in [-0.25, -0.2) is 4.98 Å². The Labute approximate surface area is 94.1 Å². The molecule has 0 aliphatic carbocycles. The van der Waals surface area contributed by atoms with Crippen molar-refractivity contribution in [1.29, 1.82) is 0 Å². The number of nitrogens with two attached hydrogens (primary N) is 1. The molecule has 1 saturated heterocycles. The van der Waals surface area contributed by atoms with Crippen LogP contribution in [-0.4, -0.2) is 30.8 Å². The minimum atomic E-state index is 0.296. The van der Waals surface area contributed by atoms with E-state index in [1.54, 1.807) is 11.3 Å². The molecular formula is C10H17N3OS. The lowest BCUT2D eigenvalue weighted by Crippen LogP contribution is -2.41. The number of ether oxygens (including phenoxy) is 1. The molecule has 2 N–H and O–H groups in total. The molecule has 1 fully saturated rings. The van der Waals surface area contributed by atoms with E-state index in [0.717, 1.165) is 30.5 Å². The molecule has 0 saturated carbocycles. The van der Waals surface area contributed by atoms with Crippen LogP contribution >= 0.6 is 11.3 Å². The number of thiazole rings is 1. The number of aryl methyl sites for hydroxylation is 1. The van der Waals surface area contributed by atoms with Crippen molar-refractivity contribution >= 4 is 16.5 Å². The Morgan fingerprint density at radius 1 is 1.67 bits per heavy atom. The van der Waals surface area contributed by atoms with E-state index in [9.17, 15) is 0 Å². The smallest absolute Gasteiger partial charge is 0.185 e. The molecule has 1 aromatic heterocycles. The molecular weight excluding hydrogens is 210 g/mol. The predicted octanol–water partition coefficient (Wildman–Crippen LogP) is 1.14. The SMILES string of the molecule is Cc1nc(N2CCOC(C)C2)sc1CN. The van der Waals surface area contributed by atoms with Crippen molar-refractivity contribution in [3.8, 4) is 0 Å². The van der Waals surface area contributed by atoms with Gasteiger partial charge >= 0.3 is 0 Å². The number of hydrogen-bond donors (Lipinski definition) is 1. The molecule has 0 aromatic carbocycles. The van der Waals surface area contributed by atoms with Crippen LogP contribution in [0, 0.1) is 6.92 Å². The first-order valence-corrected chi connectivity index (χ1v) is 6.05. The van der Waals surface area contributed by atoms with Gasteiger partial charge in [0.15, 0.2) is 5.13 Å². The van der Waals surface area contributed by atoms with Gasteiger partial charge in [0.2, 0.25) is 0 Å². The fraction of sp³-hybridized carbons (Fsp3) is 0.700. The summed E-state index contributed by atoms with van der Waals surface area (Å²) in [6.45, 7) is 7.35. The van der Waals surface area contributed by atoms with Crippen molar-refractivity contribution in [2.75, 3.05) is 24.6 Å². The molecule has 0 bridgehead atoms. The lowest BCUT2D eigenvalue weighted by molar-refractivity contribution is 0.0532. The predicted molar refractivity (Wildman–Crippen MR) is 62.4 cm³/mol. The molecule has 2 heterocycles. The third-order valence-electron chi connectivity index (χ3n) is 2.58. The number of aromatic nitrogens is 1. The van der Waals surface area contributed by atoms with Crippen LogP contribution in [0.15, 0.2) is 0 Å². The number of rotatable bonds is 2. The molecule has 84 valence electrons. The molecule has 1 aromatic rings. The van der Waals surface area contributed by atoms with Gasteiger partial charge in [0, 0.05) is 24.5 Å². The van der Waals surface area contributed by atoms with Gasteiger partial charge in [-0.1, -0.05) is 0 Å². The van der Waals surface area contributed by atoms with Crippen LogP contribution in [0.25, 0.3) is 0 Å². The zero-order valence-electron chi connectivity index (χ0n) is 9.19. The molecule has 0 amide bonds. The monoisotopic (exact) mass is 227 g/mol. The first kappa shape index (κ1) is 10.9. The van der Waals surface area contributed by atoms with Crippen molar-refractivity contribution in [3.63, 3.8) is 0 Å². The van der Waals surface area contributed by atoms with Gasteiger partial charge in [-0.05, 0) is 13.8 Å². The Kier molecular flexibility index (Phi) is 3.23. The van der Waals surface area contributed by atoms with Gasteiger partial charge in [0.1, 0.15) is 0 Å². The van der Waals surface area contributed by atoms with Crippen molar-refractivity contribution in [1.82, 2.24) is 4.98 Å². The summed E-state index contributed by atoms with van der Waals surface area (Å²) in [5, 5.41) is 1.09. The van der Waals surface area contributed by atoms with Crippen molar-refractivity contribution in [2.45, 2.75) is 26.5 Å². The van der Waals surface area contributed by atoms with Crippen LogP contribution < -0.4 is 10.6 Å². The Morgan fingerprint density at radius 2 is 2.47 bits per heavy atom. The minimum Gasteiger partial charge on any atom is -0.375 e. The van der Waals surface area contributed by atoms with E-state index < -0.39 is 0 Å². The Balaban J connectivity index is 2.14. The third-order valence-corrected chi connectivity index (χ3v) is 3.82. The van der Waals surface area contributed by atoms with Crippen molar-refractivity contribution < 1.29 is 4.74 Å². The quantitative estimate of drug-likeness (QED) is 0.823. The molecule has 0 radical (unpaired) electrons. The van der Waals surface area contributed by atoms with Crippen molar-refractivity contribution in [3.05, 3.63) is 10.6 Å². The van der Waals surface area contributed by atoms with E-state index in [4.69, 9.17) is 10.5 Å². The van der Waals surface area contributed by atoms with Gasteiger partial charge < -0.3 is 15.4 Å². The van der Waals surface area contributed by atoms with E-state index in [1.807, 2.05) is 6.92 Å². The molecule has 1 atom stereocenters. The highest BCUT2D eigenvalue weighted by Gasteiger charge is 2.20. The highest BCUT2D eigenvalue weighted by molar-refractivity contribution is 7.15. The van der Waals surface area contributed by atoms with E-state index in [1.165, 1.54) is 4.88 Å². The lowest BCUT2D eigenvalue weighted by atomic mass is 10.3. The summed E-state index contributed by atoms with van der Waals surface area (Å²) in [6.07, 6.45) is 0.296. The standard InChI is InChI=1S/C10H17N3OS/c1-7-6-13(3-4-14-7)10-12-8(2)9(5-11)15-10/h7H,3-6,11H2,1-2H3. The highest BCUT2D eigenvalue weighted by atomic mass is 32.1. The average Bonchev–Trinajstić information content (AvgIpc) is 2.60. The summed E-state index contributed by atoms with van der Waals surface area (Å²) < 4.78 is 5.50. The highest BCUT2D eigenvalue weighted by Crippen LogP contribution is 2.26. The van der Waals surface area contributed by atoms with Crippen LogP contribution in [0.2, 0.25) is 0 Å². The zero-order chi connectivity index (χ0) is 10.8. The normalized spacial score (nSPS) is 22.1. The van der Waals surface area contributed by atoms with Crippen molar-refractivity contribution in [2.24, 2.45) is 5.73 Å². The van der Waals surface area contributed by atoms with E-state index in [0.29, 0.717) is 12.6 Å². The van der Waals surface area contributed by atoms with Crippen LogP contribution in [0.5, 0.6) is 0 Å². The summed E-state index contributed by atoms with van der Waals surface area (Å²) in [4.78, 5) is 8.02. The first-order chi connectivity index (χ1) is 7.20. The molecule has 1 aliphatic heterocycles. The minimum absolute atomic E-state index is 0.296. The summed E-state index contributed by atoms with van der Waals surface area (Å²) in [5.41, 5.74) is 6.71. The summed E-state index contributed by atoms with van der Waals surface area (Å²) in [6, 6.07) is 0. The number of hydrogen-bond acceptors (Lipinski definition) is 5. The van der Waals surface area contributed by atoms with E-state index >= 15 is 0 Å². The summed E-state index contributed by atoms with van der Waals surface area (Å²) in [5.74, 6) is 0. The summed E-state index contributed by atoms with van der Waals surface area (Å²) in [7, 11) is 0. The first-order valence-electron chi connectivity index (χ1n) is 5.23. The second-order valence-corrected chi connectivity index (χ2v) is 4.90. The van der Waals surface area contributed by atoms with Crippen LogP contribution in [0.3, 0.4) is 0 Å². The molecule has 2 rings (SSSR count). The molecule has 5 heteroatoms. The Hall–Kier alpha value is -0.650. The second kappa shape index (κ2) is 4.47. The maximum atomic E-state index is 5.65. The third kappa shape index (κ3) is 2.30. The van der Waals surface area contributed by atoms with Crippen LogP contribution in [0.4, 0.5) is 5.13 Å². The van der Waals surface area contributed by atoms with Crippen LogP contribution in [-0.2, 0) is 11.3 Å². The fourth-order valence-corrected chi connectivity index (χ4v) is 2.70. The maximum Gasteiger partial charge on any atom is 0.185 e. The van der Waals surface area contributed by atoms with Crippen LogP contribution in [0.1, 0.15) is 17.5 Å². The number of morpholine rings is 1. The van der Waals surface area contributed by atoms with Gasteiger partial charge in [-0.3, -0.25) is 0 Å². The average molecular weight is 227 g/mol. The van der Waals surface area contributed by atoms with Gasteiger partial charge in [-0.2, -0.15) is 0 Å². The van der Waals surface area contributed by atoms with Gasteiger partial charge in [0.25, 0.3) is 0 Å². The second-order valence-electron chi connectivity index (χ2n) is 3.84.